The van der Waals surface area contributed by atoms with E-state index in [2.05, 4.69) is 13.8 Å². The normalized spacial score (nSPS) is 13.0. The van der Waals surface area contributed by atoms with Crippen LogP contribution in [0.15, 0.2) is 0 Å². The summed E-state index contributed by atoms with van der Waals surface area (Å²) in [6.45, 7) is 3.71. The number of esters is 2. The van der Waals surface area contributed by atoms with Gasteiger partial charge in [0.2, 0.25) is 0 Å². The van der Waals surface area contributed by atoms with Crippen LogP contribution in [0, 0.1) is 0 Å². The van der Waals surface area contributed by atoms with Gasteiger partial charge in [-0.1, -0.05) is 264 Å². The summed E-state index contributed by atoms with van der Waals surface area (Å²) in [6, 6.07) is 0. The molecule has 0 spiro atoms. The van der Waals surface area contributed by atoms with Crippen molar-refractivity contribution in [2.24, 2.45) is 5.73 Å². The first-order chi connectivity index (χ1) is 30.3. The molecule has 0 radical (unpaired) electrons. The second-order valence-electron chi connectivity index (χ2n) is 18.5. The van der Waals surface area contributed by atoms with Crippen molar-refractivity contribution in [3.8, 4) is 0 Å². The highest BCUT2D eigenvalue weighted by Crippen LogP contribution is 2.43. The standard InChI is InChI=1S/C52H104NO8P/c1-3-5-7-9-11-12-13-14-15-16-17-18-19-20-21-22-23-24-25-26-27-28-29-30-31-32-33-34-35-36-37-38-39-41-43-45-52(55)61-50(49-60-62(56,57)59-47-46-53)48-58-51(54)44-42-40-10-8-6-4-2/h50H,3-49,53H2,1-2H3,(H,56,57). The van der Waals surface area contributed by atoms with Crippen LogP contribution in [-0.2, 0) is 32.7 Å². The summed E-state index contributed by atoms with van der Waals surface area (Å²) < 4.78 is 32.7. The SMILES string of the molecule is CCCCCCCCCCCCCCCCCCCCCCCCCCCCCCCCCCCCCC(=O)OC(COC(=O)CCCCCCCC)COP(=O)(O)OCCN. The van der Waals surface area contributed by atoms with Gasteiger partial charge in [-0.15, -0.1) is 0 Å². The van der Waals surface area contributed by atoms with Gasteiger partial charge in [-0.2, -0.15) is 0 Å². The van der Waals surface area contributed by atoms with Crippen molar-refractivity contribution in [1.82, 2.24) is 0 Å². The van der Waals surface area contributed by atoms with Crippen LogP contribution in [-0.4, -0.2) is 49.3 Å². The summed E-state index contributed by atoms with van der Waals surface area (Å²) in [5.74, 6) is -0.822. The lowest BCUT2D eigenvalue weighted by molar-refractivity contribution is -0.161. The van der Waals surface area contributed by atoms with Crippen molar-refractivity contribution >= 4 is 19.8 Å². The van der Waals surface area contributed by atoms with E-state index in [1.54, 1.807) is 0 Å². The summed E-state index contributed by atoms with van der Waals surface area (Å²) in [7, 11) is -4.36. The van der Waals surface area contributed by atoms with Crippen LogP contribution in [0.25, 0.3) is 0 Å². The zero-order chi connectivity index (χ0) is 45.3. The molecule has 0 fully saturated rings. The van der Waals surface area contributed by atoms with Crippen LogP contribution < -0.4 is 5.73 Å². The van der Waals surface area contributed by atoms with Gasteiger partial charge in [0.25, 0.3) is 0 Å². The van der Waals surface area contributed by atoms with Crippen LogP contribution in [0.1, 0.15) is 290 Å². The Hall–Kier alpha value is -0.990. The Morgan fingerprint density at radius 2 is 0.694 bits per heavy atom. The third kappa shape index (κ3) is 48.5. The molecule has 0 aliphatic carbocycles. The van der Waals surface area contributed by atoms with Gasteiger partial charge in [-0.05, 0) is 12.8 Å². The number of carbonyl (C=O) groups excluding carboxylic acids is 2. The Kier molecular flexibility index (Phi) is 48.7. The average Bonchev–Trinajstić information content (AvgIpc) is 3.26. The molecule has 370 valence electrons. The lowest BCUT2D eigenvalue weighted by atomic mass is 10.0. The number of phosphoric acid groups is 1. The third-order valence-corrected chi connectivity index (χ3v) is 13.2. The molecule has 0 aliphatic rings. The van der Waals surface area contributed by atoms with E-state index in [1.807, 2.05) is 0 Å². The first kappa shape index (κ1) is 61.0. The molecule has 10 heteroatoms. The second kappa shape index (κ2) is 49.4. The van der Waals surface area contributed by atoms with Crippen LogP contribution >= 0.6 is 7.82 Å². The Morgan fingerprint density at radius 3 is 0.984 bits per heavy atom. The van der Waals surface area contributed by atoms with Gasteiger partial charge in [-0.3, -0.25) is 18.6 Å². The number of ether oxygens (including phenoxy) is 2. The van der Waals surface area contributed by atoms with E-state index in [0.717, 1.165) is 38.5 Å². The minimum atomic E-state index is -4.36. The quantitative estimate of drug-likeness (QED) is 0.0347. The van der Waals surface area contributed by atoms with Gasteiger partial charge in [-0.25, -0.2) is 4.57 Å². The van der Waals surface area contributed by atoms with Crippen molar-refractivity contribution in [3.63, 3.8) is 0 Å². The fourth-order valence-corrected chi connectivity index (χ4v) is 8.99. The van der Waals surface area contributed by atoms with E-state index in [4.69, 9.17) is 24.3 Å². The van der Waals surface area contributed by atoms with Crippen LogP contribution in [0.4, 0.5) is 0 Å². The van der Waals surface area contributed by atoms with Crippen molar-refractivity contribution in [2.45, 2.75) is 296 Å². The predicted molar refractivity (Wildman–Crippen MR) is 262 cm³/mol. The van der Waals surface area contributed by atoms with Crippen molar-refractivity contribution in [3.05, 3.63) is 0 Å². The van der Waals surface area contributed by atoms with Gasteiger partial charge >= 0.3 is 19.8 Å². The van der Waals surface area contributed by atoms with Gasteiger partial charge < -0.3 is 20.1 Å². The number of nitrogens with two attached hydrogens (primary N) is 1. The molecular weight excluding hydrogens is 798 g/mol. The maximum absolute atomic E-state index is 12.6. The molecular formula is C52H104NO8P. The number of hydrogen-bond donors (Lipinski definition) is 2. The number of rotatable bonds is 52. The molecule has 0 aromatic heterocycles. The highest BCUT2D eigenvalue weighted by Gasteiger charge is 2.26. The average molecular weight is 902 g/mol. The second-order valence-corrected chi connectivity index (χ2v) is 19.9. The fourth-order valence-electron chi connectivity index (χ4n) is 8.23. The summed E-state index contributed by atoms with van der Waals surface area (Å²) in [5.41, 5.74) is 5.34. The fraction of sp³-hybridized carbons (Fsp3) is 0.962. The molecule has 0 saturated carbocycles. The number of phosphoric ester groups is 1. The maximum atomic E-state index is 12.6. The molecule has 0 saturated heterocycles. The van der Waals surface area contributed by atoms with Gasteiger partial charge in [0.1, 0.15) is 6.61 Å². The largest absolute Gasteiger partial charge is 0.472 e. The van der Waals surface area contributed by atoms with Gasteiger partial charge in [0.15, 0.2) is 6.10 Å². The zero-order valence-corrected chi connectivity index (χ0v) is 42.0. The number of hydrogen-bond acceptors (Lipinski definition) is 8. The molecule has 0 aromatic carbocycles. The Labute approximate surface area is 384 Å². The van der Waals surface area contributed by atoms with E-state index in [0.29, 0.717) is 6.42 Å². The van der Waals surface area contributed by atoms with E-state index >= 15 is 0 Å². The molecule has 9 nitrogen and oxygen atoms in total. The lowest BCUT2D eigenvalue weighted by Crippen LogP contribution is -2.29. The van der Waals surface area contributed by atoms with Gasteiger partial charge in [0, 0.05) is 19.4 Å². The van der Waals surface area contributed by atoms with Crippen LogP contribution in [0.5, 0.6) is 0 Å². The molecule has 62 heavy (non-hydrogen) atoms. The molecule has 0 aliphatic heterocycles. The summed E-state index contributed by atoms with van der Waals surface area (Å²) in [5, 5.41) is 0. The number of unbranched alkanes of at least 4 members (excludes halogenated alkanes) is 39. The summed E-state index contributed by atoms with van der Waals surface area (Å²) in [6.07, 6.45) is 53.8. The molecule has 0 rings (SSSR count). The van der Waals surface area contributed by atoms with Crippen molar-refractivity contribution in [2.75, 3.05) is 26.4 Å². The Morgan fingerprint density at radius 1 is 0.419 bits per heavy atom. The highest BCUT2D eigenvalue weighted by molar-refractivity contribution is 7.47. The molecule has 2 atom stereocenters. The maximum Gasteiger partial charge on any atom is 0.472 e. The van der Waals surface area contributed by atoms with Crippen molar-refractivity contribution in [1.29, 1.82) is 0 Å². The van der Waals surface area contributed by atoms with E-state index in [9.17, 15) is 19.0 Å². The first-order valence-corrected chi connectivity index (χ1v) is 28.5. The van der Waals surface area contributed by atoms with E-state index in [-0.39, 0.29) is 38.6 Å². The summed E-state index contributed by atoms with van der Waals surface area (Å²) in [4.78, 5) is 34.7. The molecule has 2 unspecified atom stereocenters. The Balaban J connectivity index is 3.63. The molecule has 3 N–H and O–H groups in total. The van der Waals surface area contributed by atoms with E-state index in [1.165, 1.54) is 218 Å². The smallest absolute Gasteiger partial charge is 0.462 e. The highest BCUT2D eigenvalue weighted by atomic mass is 31.2. The molecule has 0 aromatic rings. The summed E-state index contributed by atoms with van der Waals surface area (Å²) >= 11 is 0. The molecule has 0 heterocycles. The minimum absolute atomic E-state index is 0.0577. The van der Waals surface area contributed by atoms with Gasteiger partial charge in [0.05, 0.1) is 13.2 Å². The number of carbonyl (C=O) groups is 2. The van der Waals surface area contributed by atoms with Crippen LogP contribution in [0.3, 0.4) is 0 Å². The first-order valence-electron chi connectivity index (χ1n) is 27.0. The topological polar surface area (TPSA) is 134 Å². The lowest BCUT2D eigenvalue weighted by Gasteiger charge is -2.19. The Bertz CT molecular complexity index is 984. The van der Waals surface area contributed by atoms with E-state index < -0.39 is 26.5 Å². The molecule has 0 bridgehead atoms. The minimum Gasteiger partial charge on any atom is -0.462 e. The monoisotopic (exact) mass is 902 g/mol. The zero-order valence-electron chi connectivity index (χ0n) is 41.1. The molecule has 0 amide bonds. The predicted octanol–water partition coefficient (Wildman–Crippen LogP) is 16.3. The third-order valence-electron chi connectivity index (χ3n) is 12.2. The van der Waals surface area contributed by atoms with Crippen LogP contribution in [0.2, 0.25) is 0 Å². The van der Waals surface area contributed by atoms with Crippen molar-refractivity contribution < 1.29 is 37.6 Å².